The highest BCUT2D eigenvalue weighted by molar-refractivity contribution is 5.93. The fourth-order valence-corrected chi connectivity index (χ4v) is 3.80. The summed E-state index contributed by atoms with van der Waals surface area (Å²) < 4.78 is 6.77. The number of carbonyl (C=O) groups is 2. The number of amides is 2. The average Bonchev–Trinajstić information content (AvgIpc) is 3.51. The van der Waals surface area contributed by atoms with E-state index < -0.39 is 0 Å². The van der Waals surface area contributed by atoms with Crippen LogP contribution in [0.1, 0.15) is 26.9 Å². The maximum absolute atomic E-state index is 13.2. The van der Waals surface area contributed by atoms with Gasteiger partial charge in [-0.05, 0) is 19.1 Å². The molecule has 9 heteroatoms. The Hall–Kier alpha value is -4.27. The van der Waals surface area contributed by atoms with Crippen LogP contribution >= 0.6 is 0 Å². The highest BCUT2D eigenvalue weighted by Crippen LogP contribution is 2.22. The van der Waals surface area contributed by atoms with Gasteiger partial charge >= 0.3 is 0 Å². The zero-order valence-electron chi connectivity index (χ0n) is 18.1. The highest BCUT2D eigenvalue weighted by Gasteiger charge is 2.29. The van der Waals surface area contributed by atoms with Gasteiger partial charge in [0.05, 0.1) is 11.4 Å². The first kappa shape index (κ1) is 20.6. The summed E-state index contributed by atoms with van der Waals surface area (Å²) in [6.45, 7) is 3.34. The second-order valence-electron chi connectivity index (χ2n) is 7.79. The van der Waals surface area contributed by atoms with Crippen LogP contribution in [0.25, 0.3) is 17.1 Å². The van der Waals surface area contributed by atoms with E-state index in [1.54, 1.807) is 27.5 Å². The number of aryl methyl sites for hydroxylation is 1. The van der Waals surface area contributed by atoms with E-state index in [0.29, 0.717) is 37.7 Å². The van der Waals surface area contributed by atoms with Gasteiger partial charge in [-0.1, -0.05) is 53.7 Å². The van der Waals surface area contributed by atoms with Crippen molar-refractivity contribution in [2.24, 2.45) is 0 Å². The minimum atomic E-state index is -0.260. The van der Waals surface area contributed by atoms with Crippen molar-refractivity contribution in [3.05, 3.63) is 84.0 Å². The van der Waals surface area contributed by atoms with Gasteiger partial charge in [-0.2, -0.15) is 0 Å². The lowest BCUT2D eigenvalue weighted by molar-refractivity contribution is 0.0507. The number of hydrogen-bond donors (Lipinski definition) is 0. The molecule has 3 heterocycles. The molecule has 33 heavy (non-hydrogen) atoms. The molecule has 9 nitrogen and oxygen atoms in total. The van der Waals surface area contributed by atoms with E-state index in [-0.39, 0.29) is 23.4 Å². The lowest BCUT2D eigenvalue weighted by Crippen LogP contribution is -2.50. The Labute approximate surface area is 190 Å². The van der Waals surface area contributed by atoms with Gasteiger partial charge in [0, 0.05) is 37.8 Å². The normalized spacial score (nSPS) is 13.8. The molecule has 0 N–H and O–H groups in total. The number of hydrogen-bond acceptors (Lipinski definition) is 6. The topological polar surface area (TPSA) is 97.4 Å². The van der Waals surface area contributed by atoms with E-state index in [1.165, 1.54) is 0 Å². The predicted octanol–water partition coefficient (Wildman–Crippen LogP) is 2.83. The highest BCUT2D eigenvalue weighted by atomic mass is 16.5. The largest absolute Gasteiger partial charge is 0.351 e. The molecule has 1 aliphatic heterocycles. The van der Waals surface area contributed by atoms with Crippen LogP contribution in [-0.4, -0.2) is 67.7 Å². The van der Waals surface area contributed by atoms with Gasteiger partial charge in [0.2, 0.25) is 11.6 Å². The minimum Gasteiger partial charge on any atom is -0.351 e. The van der Waals surface area contributed by atoms with Crippen LogP contribution in [0.3, 0.4) is 0 Å². The van der Waals surface area contributed by atoms with Crippen molar-refractivity contribution >= 4 is 11.8 Å². The number of nitrogens with zero attached hydrogens (tertiary/aromatic N) is 6. The Bertz CT molecular complexity index is 1220. The first-order valence-corrected chi connectivity index (χ1v) is 10.7. The molecule has 4 aromatic rings. The van der Waals surface area contributed by atoms with E-state index in [1.807, 2.05) is 60.7 Å². The molecule has 0 radical (unpaired) electrons. The molecule has 2 amide bonds. The lowest BCUT2D eigenvalue weighted by Gasteiger charge is -2.33. The number of carbonyl (C=O) groups excluding carboxylic acids is 2. The van der Waals surface area contributed by atoms with Crippen LogP contribution in [-0.2, 0) is 0 Å². The second kappa shape index (κ2) is 8.70. The molecule has 166 valence electrons. The molecule has 0 saturated carbocycles. The van der Waals surface area contributed by atoms with Gasteiger partial charge < -0.3 is 14.3 Å². The summed E-state index contributed by atoms with van der Waals surface area (Å²) in [6.07, 6.45) is 0. The summed E-state index contributed by atoms with van der Waals surface area (Å²) >= 11 is 0. The summed E-state index contributed by atoms with van der Waals surface area (Å²) in [5, 5.41) is 8.32. The van der Waals surface area contributed by atoms with Crippen LogP contribution in [0.15, 0.2) is 71.3 Å². The molecule has 5 rings (SSSR count). The van der Waals surface area contributed by atoms with E-state index >= 15 is 0 Å². The van der Waals surface area contributed by atoms with Crippen LogP contribution in [0.2, 0.25) is 0 Å². The molecule has 0 bridgehead atoms. The quantitative estimate of drug-likeness (QED) is 0.482. The van der Waals surface area contributed by atoms with Crippen molar-refractivity contribution in [1.29, 1.82) is 0 Å². The van der Waals surface area contributed by atoms with E-state index in [9.17, 15) is 9.59 Å². The van der Waals surface area contributed by atoms with Crippen LogP contribution in [0.4, 0.5) is 0 Å². The average molecular weight is 442 g/mol. The molecule has 1 aliphatic rings. The molecule has 1 fully saturated rings. The molecule has 0 atom stereocenters. The van der Waals surface area contributed by atoms with Crippen LogP contribution in [0.5, 0.6) is 0 Å². The zero-order valence-corrected chi connectivity index (χ0v) is 18.1. The first-order valence-electron chi connectivity index (χ1n) is 10.7. The molecular formula is C24H22N6O3. The number of para-hydroxylation sites is 1. The first-order chi connectivity index (χ1) is 16.1. The summed E-state index contributed by atoms with van der Waals surface area (Å²) in [5.74, 6) is 0.455. The van der Waals surface area contributed by atoms with Crippen LogP contribution in [0, 0.1) is 6.92 Å². The summed E-state index contributed by atoms with van der Waals surface area (Å²) in [7, 11) is 0. The Balaban J connectivity index is 1.36. The third-order valence-corrected chi connectivity index (χ3v) is 5.52. The Morgan fingerprint density at radius 2 is 1.45 bits per heavy atom. The minimum absolute atomic E-state index is 0.128. The summed E-state index contributed by atoms with van der Waals surface area (Å²) in [5.41, 5.74) is 2.34. The van der Waals surface area contributed by atoms with Crippen LogP contribution < -0.4 is 0 Å². The van der Waals surface area contributed by atoms with Crippen molar-refractivity contribution in [1.82, 2.24) is 29.7 Å². The second-order valence-corrected chi connectivity index (χ2v) is 7.79. The number of piperazine rings is 1. The van der Waals surface area contributed by atoms with E-state index in [4.69, 9.17) is 4.52 Å². The van der Waals surface area contributed by atoms with Crippen molar-refractivity contribution in [2.75, 3.05) is 26.2 Å². The van der Waals surface area contributed by atoms with Gasteiger partial charge in [0.1, 0.15) is 0 Å². The smallest absolute Gasteiger partial charge is 0.293 e. The number of benzene rings is 2. The summed E-state index contributed by atoms with van der Waals surface area (Å²) in [6, 6.07) is 20.9. The van der Waals surface area contributed by atoms with Gasteiger partial charge in [-0.15, -0.1) is 5.10 Å². The summed E-state index contributed by atoms with van der Waals surface area (Å²) in [4.78, 5) is 33.7. The van der Waals surface area contributed by atoms with E-state index in [0.717, 1.165) is 11.3 Å². The lowest BCUT2D eigenvalue weighted by atomic mass is 10.2. The molecular weight excluding hydrogens is 420 g/mol. The molecule has 0 unspecified atom stereocenters. The van der Waals surface area contributed by atoms with Crippen molar-refractivity contribution in [3.63, 3.8) is 0 Å². The zero-order chi connectivity index (χ0) is 22.8. The predicted molar refractivity (Wildman–Crippen MR) is 120 cm³/mol. The molecule has 0 aliphatic carbocycles. The molecule has 0 spiro atoms. The Morgan fingerprint density at radius 3 is 2.06 bits per heavy atom. The number of aromatic nitrogens is 4. The van der Waals surface area contributed by atoms with Crippen molar-refractivity contribution < 1.29 is 14.1 Å². The fourth-order valence-electron chi connectivity index (χ4n) is 3.80. The van der Waals surface area contributed by atoms with Gasteiger partial charge in [-0.25, -0.2) is 9.67 Å². The standard InChI is InChI=1S/C24H22N6O3/c1-17-16-20(33-27-17)23(31)28-12-14-29(15-13-28)24(32)21-25-22(18-8-4-2-5-9-18)30(26-21)19-10-6-3-7-11-19/h2-11,16H,12-15H2,1H3. The number of rotatable bonds is 4. The maximum atomic E-state index is 13.2. The fraction of sp³-hybridized carbons (Fsp3) is 0.208. The van der Waals surface area contributed by atoms with Crippen molar-refractivity contribution in [2.45, 2.75) is 6.92 Å². The monoisotopic (exact) mass is 442 g/mol. The van der Waals surface area contributed by atoms with E-state index in [2.05, 4.69) is 15.2 Å². The van der Waals surface area contributed by atoms with Crippen molar-refractivity contribution in [3.8, 4) is 17.1 Å². The molecule has 2 aromatic heterocycles. The molecule has 1 saturated heterocycles. The van der Waals surface area contributed by atoms with Gasteiger partial charge in [0.15, 0.2) is 5.82 Å². The van der Waals surface area contributed by atoms with Gasteiger partial charge in [-0.3, -0.25) is 9.59 Å². The Kier molecular flexibility index (Phi) is 5.43. The van der Waals surface area contributed by atoms with Gasteiger partial charge in [0.25, 0.3) is 11.8 Å². The maximum Gasteiger partial charge on any atom is 0.293 e. The third-order valence-electron chi connectivity index (χ3n) is 5.52. The third kappa shape index (κ3) is 4.12. The SMILES string of the molecule is Cc1cc(C(=O)N2CCN(C(=O)c3nc(-c4ccccc4)n(-c4ccccc4)n3)CC2)on1. The molecule has 2 aromatic carbocycles. The Morgan fingerprint density at radius 1 is 0.848 bits per heavy atom.